The Hall–Kier alpha value is -2.94. The fraction of sp³-hybridized carbons (Fsp3) is 0.364. The summed E-state index contributed by atoms with van der Waals surface area (Å²) in [5.41, 5.74) is 2.03. The summed E-state index contributed by atoms with van der Waals surface area (Å²) in [6.45, 7) is 2.70. The van der Waals surface area contributed by atoms with Crippen LogP contribution >= 0.6 is 0 Å². The van der Waals surface area contributed by atoms with E-state index >= 15 is 0 Å². The Labute approximate surface area is 177 Å². The number of hydrogen-bond donors (Lipinski definition) is 1. The molecule has 166 valence electrons. The highest BCUT2D eigenvalue weighted by Crippen LogP contribution is 2.32. The van der Waals surface area contributed by atoms with Crippen molar-refractivity contribution in [2.75, 3.05) is 25.6 Å². The summed E-state index contributed by atoms with van der Waals surface area (Å²) in [7, 11) is 1.45. The molecule has 3 rings (SSSR count). The zero-order valence-corrected chi connectivity index (χ0v) is 17.1. The molecule has 2 amide bonds. The quantitative estimate of drug-likeness (QED) is 0.722. The van der Waals surface area contributed by atoms with Crippen LogP contribution in [0.4, 0.5) is 23.2 Å². The van der Waals surface area contributed by atoms with Gasteiger partial charge in [-0.2, -0.15) is 13.2 Å². The lowest BCUT2D eigenvalue weighted by molar-refractivity contribution is -0.140. The third-order valence-corrected chi connectivity index (χ3v) is 5.20. The van der Waals surface area contributed by atoms with E-state index in [4.69, 9.17) is 4.74 Å². The summed E-state index contributed by atoms with van der Waals surface area (Å²) in [4.78, 5) is 26.3. The number of carbonyl (C=O) groups is 2. The number of hydrogen-bond acceptors (Lipinski definition) is 3. The highest BCUT2D eigenvalue weighted by Gasteiger charge is 2.34. The Balaban J connectivity index is 1.75. The first-order chi connectivity index (χ1) is 14.6. The maximum Gasteiger partial charge on any atom is 0.419 e. The van der Waals surface area contributed by atoms with Crippen molar-refractivity contribution in [2.24, 2.45) is 0 Å². The van der Waals surface area contributed by atoms with Crippen LogP contribution in [0.1, 0.15) is 27.8 Å². The molecule has 0 unspecified atom stereocenters. The van der Waals surface area contributed by atoms with Crippen LogP contribution in [0.3, 0.4) is 0 Å². The van der Waals surface area contributed by atoms with Crippen molar-refractivity contribution < 1.29 is 31.9 Å². The lowest BCUT2D eigenvalue weighted by Crippen LogP contribution is -2.38. The fourth-order valence-electron chi connectivity index (χ4n) is 3.64. The number of fused-ring (bicyclic) bond motifs is 1. The molecule has 0 saturated heterocycles. The smallest absolute Gasteiger partial charge is 0.375 e. The molecule has 0 aromatic heterocycles. The zero-order valence-electron chi connectivity index (χ0n) is 17.1. The monoisotopic (exact) mass is 438 g/mol. The number of nitrogens with zero attached hydrogens (tertiary/aromatic N) is 1. The highest BCUT2D eigenvalue weighted by molar-refractivity contribution is 5.94. The maximum absolute atomic E-state index is 13.8. The number of ether oxygens (including phenoxy) is 1. The molecule has 2 aromatic carbocycles. The molecule has 0 atom stereocenters. The summed E-state index contributed by atoms with van der Waals surface area (Å²) in [6.07, 6.45) is -4.52. The van der Waals surface area contributed by atoms with E-state index in [2.05, 4.69) is 5.32 Å². The Morgan fingerprint density at radius 3 is 2.58 bits per heavy atom. The largest absolute Gasteiger partial charge is 0.419 e. The topological polar surface area (TPSA) is 58.6 Å². The second-order valence-electron chi connectivity index (χ2n) is 7.43. The number of aryl methyl sites for hydroxylation is 1. The Morgan fingerprint density at radius 2 is 1.94 bits per heavy atom. The molecule has 0 saturated carbocycles. The summed E-state index contributed by atoms with van der Waals surface area (Å²) < 4.78 is 56.8. The molecule has 0 fully saturated rings. The SMILES string of the molecule is COCC(=O)N1CCc2c(ccc(C)c2NC(=O)Cc2ccc(C(F)(F)F)c(F)c2)C1. The summed E-state index contributed by atoms with van der Waals surface area (Å²) >= 11 is 0. The molecule has 1 aliphatic heterocycles. The van der Waals surface area contributed by atoms with Crippen LogP contribution in [0.25, 0.3) is 0 Å². The summed E-state index contributed by atoms with van der Waals surface area (Å²) in [6, 6.07) is 6.20. The third kappa shape index (κ3) is 5.22. The molecule has 9 heteroatoms. The zero-order chi connectivity index (χ0) is 22.8. The van der Waals surface area contributed by atoms with Crippen LogP contribution < -0.4 is 5.32 Å². The van der Waals surface area contributed by atoms with Gasteiger partial charge in [-0.1, -0.05) is 18.2 Å². The van der Waals surface area contributed by atoms with E-state index in [1.165, 1.54) is 7.11 Å². The van der Waals surface area contributed by atoms with Gasteiger partial charge in [0.25, 0.3) is 0 Å². The van der Waals surface area contributed by atoms with E-state index in [9.17, 15) is 27.2 Å². The lowest BCUT2D eigenvalue weighted by Gasteiger charge is -2.30. The number of rotatable bonds is 5. The molecule has 1 heterocycles. The van der Waals surface area contributed by atoms with Crippen molar-refractivity contribution in [2.45, 2.75) is 32.5 Å². The van der Waals surface area contributed by atoms with E-state index in [0.29, 0.717) is 31.3 Å². The third-order valence-electron chi connectivity index (χ3n) is 5.20. The Kier molecular flexibility index (Phi) is 6.64. The minimum absolute atomic E-state index is 0.00548. The van der Waals surface area contributed by atoms with Gasteiger partial charge in [-0.25, -0.2) is 4.39 Å². The van der Waals surface area contributed by atoms with Gasteiger partial charge in [0.1, 0.15) is 12.4 Å². The minimum atomic E-state index is -4.79. The number of anilines is 1. The summed E-state index contributed by atoms with van der Waals surface area (Å²) in [5.74, 6) is -2.00. The van der Waals surface area contributed by atoms with Crippen LogP contribution in [-0.4, -0.2) is 37.0 Å². The molecule has 0 aliphatic carbocycles. The molecule has 0 bridgehead atoms. The van der Waals surface area contributed by atoms with Gasteiger partial charge in [-0.15, -0.1) is 0 Å². The van der Waals surface area contributed by atoms with Crippen molar-refractivity contribution in [3.05, 3.63) is 64.0 Å². The van der Waals surface area contributed by atoms with Gasteiger partial charge in [0, 0.05) is 25.9 Å². The molecule has 31 heavy (non-hydrogen) atoms. The number of halogens is 4. The number of benzene rings is 2. The van der Waals surface area contributed by atoms with Gasteiger partial charge in [-0.3, -0.25) is 9.59 Å². The lowest BCUT2D eigenvalue weighted by atomic mass is 9.94. The number of nitrogens with one attached hydrogen (secondary N) is 1. The minimum Gasteiger partial charge on any atom is -0.375 e. The number of alkyl halides is 3. The summed E-state index contributed by atoms with van der Waals surface area (Å²) in [5, 5.41) is 2.81. The van der Waals surface area contributed by atoms with Gasteiger partial charge in [0.15, 0.2) is 0 Å². The predicted octanol–water partition coefficient (Wildman–Crippen LogP) is 3.87. The Bertz CT molecular complexity index is 1000. The van der Waals surface area contributed by atoms with Crippen molar-refractivity contribution in [1.82, 2.24) is 4.90 Å². The maximum atomic E-state index is 13.8. The van der Waals surface area contributed by atoms with Crippen LogP contribution in [0, 0.1) is 12.7 Å². The van der Waals surface area contributed by atoms with Crippen LogP contribution in [0.2, 0.25) is 0 Å². The predicted molar refractivity (Wildman–Crippen MR) is 106 cm³/mol. The molecule has 1 N–H and O–H groups in total. The van der Waals surface area contributed by atoms with Gasteiger partial charge in [0.05, 0.1) is 12.0 Å². The molecule has 2 aromatic rings. The van der Waals surface area contributed by atoms with Crippen molar-refractivity contribution in [3.63, 3.8) is 0 Å². The van der Waals surface area contributed by atoms with Gasteiger partial charge < -0.3 is 15.0 Å². The van der Waals surface area contributed by atoms with Crippen LogP contribution in [0.15, 0.2) is 30.3 Å². The molecule has 0 spiro atoms. The first kappa shape index (κ1) is 22.7. The molecule has 1 aliphatic rings. The molecule has 0 radical (unpaired) electrons. The first-order valence-electron chi connectivity index (χ1n) is 9.63. The standard InChI is InChI=1S/C22H22F4N2O3/c1-13-3-5-15-11-28(20(30)12-31-2)8-7-16(15)21(13)27-19(29)10-14-4-6-17(18(23)9-14)22(24,25)26/h3-6,9H,7-8,10-12H2,1-2H3,(H,27,29). The van der Waals surface area contributed by atoms with Gasteiger partial charge >= 0.3 is 6.18 Å². The highest BCUT2D eigenvalue weighted by atomic mass is 19.4. The van der Waals surface area contributed by atoms with E-state index in [1.807, 2.05) is 19.1 Å². The second-order valence-corrected chi connectivity index (χ2v) is 7.43. The average molecular weight is 438 g/mol. The molecule has 5 nitrogen and oxygen atoms in total. The molecular formula is C22H22F4N2O3. The van der Waals surface area contributed by atoms with Crippen molar-refractivity contribution in [1.29, 1.82) is 0 Å². The Morgan fingerprint density at radius 1 is 1.19 bits per heavy atom. The first-order valence-corrected chi connectivity index (χ1v) is 9.63. The number of carbonyl (C=O) groups excluding carboxylic acids is 2. The number of methoxy groups -OCH3 is 1. The van der Waals surface area contributed by atoms with Crippen molar-refractivity contribution >= 4 is 17.5 Å². The van der Waals surface area contributed by atoms with Gasteiger partial charge in [-0.05, 0) is 47.7 Å². The van der Waals surface area contributed by atoms with E-state index in [1.54, 1.807) is 4.90 Å². The van der Waals surface area contributed by atoms with Gasteiger partial charge in [0.2, 0.25) is 11.8 Å². The van der Waals surface area contributed by atoms with Crippen LogP contribution in [-0.2, 0) is 39.9 Å². The fourth-order valence-corrected chi connectivity index (χ4v) is 3.64. The van der Waals surface area contributed by atoms with E-state index in [0.717, 1.165) is 28.8 Å². The average Bonchev–Trinajstić information content (AvgIpc) is 2.69. The van der Waals surface area contributed by atoms with E-state index in [-0.39, 0.29) is 24.5 Å². The molecular weight excluding hydrogens is 416 g/mol. The van der Waals surface area contributed by atoms with Crippen LogP contribution in [0.5, 0.6) is 0 Å². The normalized spacial score (nSPS) is 13.7. The second kappa shape index (κ2) is 9.05. The van der Waals surface area contributed by atoms with E-state index < -0.39 is 23.5 Å². The number of amides is 2. The van der Waals surface area contributed by atoms with Crippen molar-refractivity contribution in [3.8, 4) is 0 Å².